The lowest BCUT2D eigenvalue weighted by atomic mass is 10.00. The molecule has 0 bridgehead atoms. The second-order valence-corrected chi connectivity index (χ2v) is 12.6. The molecule has 51 heavy (non-hydrogen) atoms. The molecule has 0 spiro atoms. The first-order chi connectivity index (χ1) is 24.1. The van der Waals surface area contributed by atoms with Crippen molar-refractivity contribution in [2.45, 2.75) is 95.4 Å². The van der Waals surface area contributed by atoms with Crippen LogP contribution >= 0.6 is 0 Å². The molecular formula is C33H52N10O8. The predicted octanol–water partition coefficient (Wildman–Crippen LogP) is -1.24. The normalized spacial score (nSPS) is 14.1. The van der Waals surface area contributed by atoms with Crippen LogP contribution in [0.1, 0.15) is 64.4 Å². The minimum Gasteiger partial charge on any atom is -0.481 e. The molecule has 1 aromatic heterocycles. The average Bonchev–Trinajstić information content (AvgIpc) is 3.48. The number of amides is 4. The van der Waals surface area contributed by atoms with E-state index >= 15 is 0 Å². The molecule has 0 aliphatic rings. The highest BCUT2D eigenvalue weighted by molar-refractivity contribution is 5.96. The molecule has 0 aliphatic heterocycles. The van der Waals surface area contributed by atoms with Crippen molar-refractivity contribution in [3.05, 3.63) is 36.0 Å². The topological polar surface area (TPSA) is 323 Å². The third-order valence-corrected chi connectivity index (χ3v) is 8.12. The fourth-order valence-corrected chi connectivity index (χ4v) is 5.27. The lowest BCUT2D eigenvalue weighted by molar-refractivity contribution is -0.142. The van der Waals surface area contributed by atoms with Gasteiger partial charge in [0.05, 0.1) is 6.04 Å². The molecule has 15 N–H and O–H groups in total. The number of aliphatic carboxylic acids is 2. The second-order valence-electron chi connectivity index (χ2n) is 12.6. The van der Waals surface area contributed by atoms with Crippen LogP contribution < -0.4 is 44.2 Å². The first-order valence-electron chi connectivity index (χ1n) is 16.9. The number of para-hydroxylation sites is 1. The van der Waals surface area contributed by atoms with Gasteiger partial charge in [-0.3, -0.25) is 29.0 Å². The fourth-order valence-electron chi connectivity index (χ4n) is 5.27. The predicted molar refractivity (Wildman–Crippen MR) is 190 cm³/mol. The first kappa shape index (κ1) is 41.9. The number of guanidine groups is 1. The number of hydrogen-bond donors (Lipinski definition) is 11. The number of carbonyl (C=O) groups excluding carboxylic acids is 4. The van der Waals surface area contributed by atoms with Crippen molar-refractivity contribution < 1.29 is 39.0 Å². The molecule has 0 unspecified atom stereocenters. The van der Waals surface area contributed by atoms with E-state index in [-0.39, 0.29) is 38.2 Å². The van der Waals surface area contributed by atoms with E-state index in [1.165, 1.54) is 0 Å². The lowest BCUT2D eigenvalue weighted by Gasteiger charge is -2.28. The summed E-state index contributed by atoms with van der Waals surface area (Å²) in [6.07, 6.45) is 2.51. The zero-order valence-corrected chi connectivity index (χ0v) is 29.0. The van der Waals surface area contributed by atoms with Crippen LogP contribution in [0.25, 0.3) is 10.9 Å². The summed E-state index contributed by atoms with van der Waals surface area (Å²) < 4.78 is 0. The Hall–Kier alpha value is -5.23. The van der Waals surface area contributed by atoms with Crippen molar-refractivity contribution in [2.75, 3.05) is 13.1 Å². The van der Waals surface area contributed by atoms with Gasteiger partial charge >= 0.3 is 11.9 Å². The number of unbranched alkanes of at least 4 members (excludes halogenated alkanes) is 1. The highest BCUT2D eigenvalue weighted by atomic mass is 16.4. The zero-order chi connectivity index (χ0) is 38.1. The quantitative estimate of drug-likeness (QED) is 0.0366. The molecule has 0 aliphatic carbocycles. The van der Waals surface area contributed by atoms with Gasteiger partial charge in [0.1, 0.15) is 24.2 Å². The summed E-state index contributed by atoms with van der Waals surface area (Å²) in [5.41, 5.74) is 23.7. The van der Waals surface area contributed by atoms with E-state index < -0.39 is 78.1 Å². The van der Waals surface area contributed by atoms with E-state index in [1.54, 1.807) is 20.0 Å². The van der Waals surface area contributed by atoms with Gasteiger partial charge in [0, 0.05) is 36.5 Å². The van der Waals surface area contributed by atoms with E-state index in [9.17, 15) is 39.0 Å². The minimum atomic E-state index is -1.42. The number of rotatable bonds is 23. The number of carbonyl (C=O) groups is 6. The number of nitrogens with one attached hydrogen (secondary N) is 5. The Kier molecular flexibility index (Phi) is 17.3. The molecule has 5 atom stereocenters. The van der Waals surface area contributed by atoms with Gasteiger partial charge in [-0.15, -0.1) is 0 Å². The van der Waals surface area contributed by atoms with E-state index in [0.29, 0.717) is 31.4 Å². The molecule has 0 saturated heterocycles. The summed E-state index contributed by atoms with van der Waals surface area (Å²) in [5, 5.41) is 30.2. The largest absolute Gasteiger partial charge is 0.481 e. The van der Waals surface area contributed by atoms with Crippen LogP contribution in [0.4, 0.5) is 0 Å². The molecule has 1 aromatic carbocycles. The number of aliphatic imine (C=N–C) groups is 1. The molecule has 18 heteroatoms. The van der Waals surface area contributed by atoms with Crippen molar-refractivity contribution >= 4 is 52.4 Å². The van der Waals surface area contributed by atoms with Crippen molar-refractivity contribution in [3.63, 3.8) is 0 Å². The van der Waals surface area contributed by atoms with E-state index in [4.69, 9.17) is 22.9 Å². The summed E-state index contributed by atoms with van der Waals surface area (Å²) in [6.45, 7) is 3.85. The molecular weight excluding hydrogens is 664 g/mol. The van der Waals surface area contributed by atoms with Crippen LogP contribution in [0.3, 0.4) is 0 Å². The van der Waals surface area contributed by atoms with Crippen LogP contribution in [0.5, 0.6) is 0 Å². The number of aromatic amines is 1. The highest BCUT2D eigenvalue weighted by Gasteiger charge is 2.33. The van der Waals surface area contributed by atoms with Crippen LogP contribution in [0, 0.1) is 5.92 Å². The molecule has 2 aromatic rings. The highest BCUT2D eigenvalue weighted by Crippen LogP contribution is 2.19. The molecule has 18 nitrogen and oxygen atoms in total. The number of benzene rings is 1. The molecule has 0 radical (unpaired) electrons. The van der Waals surface area contributed by atoms with Crippen LogP contribution in [-0.4, -0.2) is 100 Å². The van der Waals surface area contributed by atoms with Crippen LogP contribution in [-0.2, 0) is 35.2 Å². The lowest BCUT2D eigenvalue weighted by Crippen LogP contribution is -2.59. The third kappa shape index (κ3) is 14.3. The maximum Gasteiger partial charge on any atom is 0.326 e. The van der Waals surface area contributed by atoms with Crippen molar-refractivity contribution in [1.29, 1.82) is 0 Å². The molecule has 0 fully saturated rings. The Morgan fingerprint density at radius 3 is 2.06 bits per heavy atom. The van der Waals surface area contributed by atoms with Gasteiger partial charge in [0.2, 0.25) is 23.6 Å². The van der Waals surface area contributed by atoms with Gasteiger partial charge < -0.3 is 59.4 Å². The Bertz CT molecular complexity index is 1520. The van der Waals surface area contributed by atoms with Gasteiger partial charge in [0.15, 0.2) is 5.96 Å². The monoisotopic (exact) mass is 716 g/mol. The fraction of sp³-hybridized carbons (Fsp3) is 0.545. The summed E-state index contributed by atoms with van der Waals surface area (Å²) in [5.74, 6) is -6.21. The van der Waals surface area contributed by atoms with Gasteiger partial charge in [-0.05, 0) is 62.6 Å². The van der Waals surface area contributed by atoms with Gasteiger partial charge in [-0.1, -0.05) is 32.0 Å². The molecule has 282 valence electrons. The number of fused-ring (bicyclic) bond motifs is 1. The standard InChI is InChI=1S/C33H52N10O8/c1-18(2)27(31(49)42-25(32(50)51)16-19-17-39-22-10-4-3-8-20(19)22)43-30(48)24(12-13-26(44)45)41-29(47)23(11-5-6-14-34)40-28(46)21(35)9-7-15-38-33(36)37/h3-4,8,10,17-18,21,23-25,27,39H,5-7,9,11-16,34-35H2,1-2H3,(H,40,46)(H,41,47)(H,42,49)(H,43,48)(H,44,45)(H,50,51)(H4,36,37,38)/t21-,23-,24-,25-,27-/m0/s1. The number of nitrogens with zero attached hydrogens (tertiary/aromatic N) is 1. The summed E-state index contributed by atoms with van der Waals surface area (Å²) in [4.78, 5) is 83.9. The SMILES string of the molecule is CC(C)[C@H](NC(=O)[C@H](CCC(=O)O)NC(=O)[C@H](CCCCN)NC(=O)[C@@H](N)CCCN=C(N)N)C(=O)N[C@@H](Cc1c[nH]c2ccccc12)C(=O)O. The molecule has 0 saturated carbocycles. The van der Waals surface area contributed by atoms with Crippen molar-refractivity contribution in [3.8, 4) is 0 Å². The number of nitrogens with two attached hydrogens (primary N) is 4. The minimum absolute atomic E-state index is 0.0433. The van der Waals surface area contributed by atoms with Gasteiger partial charge in [-0.25, -0.2) is 4.79 Å². The Morgan fingerprint density at radius 1 is 0.804 bits per heavy atom. The van der Waals surface area contributed by atoms with Gasteiger partial charge in [0.25, 0.3) is 0 Å². The van der Waals surface area contributed by atoms with Crippen LogP contribution in [0.15, 0.2) is 35.5 Å². The average molecular weight is 717 g/mol. The zero-order valence-electron chi connectivity index (χ0n) is 29.0. The first-order valence-corrected chi connectivity index (χ1v) is 16.9. The number of carboxylic acids is 2. The smallest absolute Gasteiger partial charge is 0.326 e. The summed E-state index contributed by atoms with van der Waals surface area (Å²) in [7, 11) is 0. The summed E-state index contributed by atoms with van der Waals surface area (Å²) in [6, 6.07) is 1.15. The van der Waals surface area contributed by atoms with Crippen molar-refractivity contribution in [1.82, 2.24) is 26.3 Å². The Morgan fingerprint density at radius 2 is 1.43 bits per heavy atom. The maximum atomic E-state index is 13.6. The van der Waals surface area contributed by atoms with E-state index in [0.717, 1.165) is 10.9 Å². The Balaban J connectivity index is 2.19. The number of aromatic nitrogens is 1. The van der Waals surface area contributed by atoms with Gasteiger partial charge in [-0.2, -0.15) is 0 Å². The molecule has 4 amide bonds. The van der Waals surface area contributed by atoms with Crippen molar-refractivity contribution in [2.24, 2.45) is 33.8 Å². The third-order valence-electron chi connectivity index (χ3n) is 8.12. The van der Waals surface area contributed by atoms with E-state index in [2.05, 4.69) is 31.2 Å². The summed E-state index contributed by atoms with van der Waals surface area (Å²) >= 11 is 0. The second kappa shape index (κ2) is 21.1. The van der Waals surface area contributed by atoms with Crippen LogP contribution in [0.2, 0.25) is 0 Å². The number of carboxylic acid groups (broad SMARTS) is 2. The van der Waals surface area contributed by atoms with E-state index in [1.807, 2.05) is 24.3 Å². The molecule has 1 heterocycles. The number of H-pyrrole nitrogens is 1. The molecule has 2 rings (SSSR count). The maximum absolute atomic E-state index is 13.6. The Labute approximate surface area is 295 Å². The number of hydrogen-bond acceptors (Lipinski definition) is 9.